The van der Waals surface area contributed by atoms with E-state index in [1.807, 2.05) is 19.1 Å². The van der Waals surface area contributed by atoms with Crippen LogP contribution in [0.5, 0.6) is 0 Å². The maximum atomic E-state index is 9.38. The van der Waals surface area contributed by atoms with Crippen LogP contribution in [0.15, 0.2) is 18.3 Å². The first-order chi connectivity index (χ1) is 7.13. The molecule has 84 valence electrons. The van der Waals surface area contributed by atoms with E-state index in [1.54, 1.807) is 13.1 Å². The van der Waals surface area contributed by atoms with Gasteiger partial charge in [0.1, 0.15) is 0 Å². The summed E-state index contributed by atoms with van der Waals surface area (Å²) in [6, 6.07) is 3.97. The van der Waals surface area contributed by atoms with Gasteiger partial charge in [-0.15, -0.1) is 0 Å². The second kappa shape index (κ2) is 5.83. The number of aliphatic hydroxyl groups is 2. The molecular formula is C12H19NO2. The Hall–Kier alpha value is -0.930. The molecule has 15 heavy (non-hydrogen) atoms. The second-order valence-electron chi connectivity index (χ2n) is 4.02. The first-order valence-corrected chi connectivity index (χ1v) is 5.35. The summed E-state index contributed by atoms with van der Waals surface area (Å²) in [5.74, 6) is 0.219. The quantitative estimate of drug-likeness (QED) is 0.775. The Morgan fingerprint density at radius 3 is 2.73 bits per heavy atom. The average Bonchev–Trinajstić information content (AvgIpc) is 2.16. The molecule has 0 aliphatic carbocycles. The fourth-order valence-electron chi connectivity index (χ4n) is 1.81. The van der Waals surface area contributed by atoms with Gasteiger partial charge in [0.05, 0.1) is 6.10 Å². The van der Waals surface area contributed by atoms with Crippen LogP contribution in [0, 0.1) is 6.92 Å². The monoisotopic (exact) mass is 209 g/mol. The minimum atomic E-state index is -0.338. The molecule has 1 aromatic heterocycles. The Balaban J connectivity index is 2.78. The number of pyridine rings is 1. The van der Waals surface area contributed by atoms with Gasteiger partial charge in [-0.25, -0.2) is 0 Å². The zero-order valence-electron chi connectivity index (χ0n) is 9.35. The van der Waals surface area contributed by atoms with E-state index in [1.165, 1.54) is 0 Å². The maximum absolute atomic E-state index is 9.38. The van der Waals surface area contributed by atoms with E-state index in [4.69, 9.17) is 5.11 Å². The van der Waals surface area contributed by atoms with E-state index in [0.717, 1.165) is 11.3 Å². The summed E-state index contributed by atoms with van der Waals surface area (Å²) >= 11 is 0. The summed E-state index contributed by atoms with van der Waals surface area (Å²) in [6.07, 6.45) is 2.81. The van der Waals surface area contributed by atoms with Crippen molar-refractivity contribution in [2.45, 2.75) is 38.7 Å². The summed E-state index contributed by atoms with van der Waals surface area (Å²) in [5.41, 5.74) is 2.12. The summed E-state index contributed by atoms with van der Waals surface area (Å²) < 4.78 is 0. The van der Waals surface area contributed by atoms with Crippen LogP contribution in [0.25, 0.3) is 0 Å². The van der Waals surface area contributed by atoms with E-state index in [-0.39, 0.29) is 18.6 Å². The Labute approximate surface area is 90.8 Å². The molecule has 1 rings (SSSR count). The summed E-state index contributed by atoms with van der Waals surface area (Å²) in [5, 5.41) is 18.4. The largest absolute Gasteiger partial charge is 0.396 e. The molecule has 2 atom stereocenters. The van der Waals surface area contributed by atoms with Crippen LogP contribution in [0.4, 0.5) is 0 Å². The third-order valence-electron chi connectivity index (χ3n) is 2.50. The van der Waals surface area contributed by atoms with Gasteiger partial charge in [0.15, 0.2) is 0 Å². The molecule has 0 bridgehead atoms. The van der Waals surface area contributed by atoms with Gasteiger partial charge in [0, 0.05) is 18.5 Å². The molecule has 2 N–H and O–H groups in total. The molecule has 1 heterocycles. The highest BCUT2D eigenvalue weighted by Gasteiger charge is 2.13. The van der Waals surface area contributed by atoms with Gasteiger partial charge in [0.25, 0.3) is 0 Å². The highest BCUT2D eigenvalue weighted by molar-refractivity contribution is 5.20. The molecule has 0 saturated carbocycles. The normalized spacial score (nSPS) is 14.9. The van der Waals surface area contributed by atoms with Gasteiger partial charge >= 0.3 is 0 Å². The van der Waals surface area contributed by atoms with E-state index >= 15 is 0 Å². The predicted molar refractivity (Wildman–Crippen MR) is 59.7 cm³/mol. The molecule has 0 aliphatic rings. The number of hydrogen-bond acceptors (Lipinski definition) is 3. The lowest BCUT2D eigenvalue weighted by molar-refractivity contribution is 0.165. The molecule has 0 amide bonds. The summed E-state index contributed by atoms with van der Waals surface area (Å²) in [6.45, 7) is 3.87. The minimum absolute atomic E-state index is 0.152. The molecule has 0 radical (unpaired) electrons. The maximum Gasteiger partial charge on any atom is 0.0518 e. The molecule has 0 spiro atoms. The highest BCUT2D eigenvalue weighted by Crippen LogP contribution is 2.24. The van der Waals surface area contributed by atoms with Gasteiger partial charge in [-0.1, -0.05) is 0 Å². The molecule has 0 fully saturated rings. The van der Waals surface area contributed by atoms with Crippen molar-refractivity contribution in [2.24, 2.45) is 0 Å². The van der Waals surface area contributed by atoms with Crippen LogP contribution < -0.4 is 0 Å². The lowest BCUT2D eigenvalue weighted by Gasteiger charge is -2.18. The van der Waals surface area contributed by atoms with Crippen molar-refractivity contribution in [2.75, 3.05) is 6.61 Å². The molecule has 0 aromatic carbocycles. The lowest BCUT2D eigenvalue weighted by Crippen LogP contribution is -2.10. The molecular weight excluding hydrogens is 190 g/mol. The molecule has 2 unspecified atom stereocenters. The summed E-state index contributed by atoms with van der Waals surface area (Å²) in [7, 11) is 0. The Bertz CT molecular complexity index is 299. The molecule has 0 aliphatic heterocycles. The fraction of sp³-hybridized carbons (Fsp3) is 0.583. The van der Waals surface area contributed by atoms with Crippen molar-refractivity contribution >= 4 is 0 Å². The zero-order chi connectivity index (χ0) is 11.3. The number of hydrogen-bond donors (Lipinski definition) is 2. The third kappa shape index (κ3) is 3.98. The molecule has 3 heteroatoms. The Morgan fingerprint density at radius 2 is 2.20 bits per heavy atom. The van der Waals surface area contributed by atoms with Crippen molar-refractivity contribution in [3.63, 3.8) is 0 Å². The van der Waals surface area contributed by atoms with Gasteiger partial charge in [-0.2, -0.15) is 0 Å². The van der Waals surface area contributed by atoms with Crippen molar-refractivity contribution < 1.29 is 10.2 Å². The van der Waals surface area contributed by atoms with Crippen LogP contribution in [0.3, 0.4) is 0 Å². The van der Waals surface area contributed by atoms with E-state index in [0.29, 0.717) is 12.8 Å². The van der Waals surface area contributed by atoms with Crippen LogP contribution in [0.2, 0.25) is 0 Å². The van der Waals surface area contributed by atoms with E-state index in [2.05, 4.69) is 4.98 Å². The second-order valence-corrected chi connectivity index (χ2v) is 4.02. The zero-order valence-corrected chi connectivity index (χ0v) is 9.35. The van der Waals surface area contributed by atoms with Crippen LogP contribution in [-0.2, 0) is 0 Å². The molecule has 3 nitrogen and oxygen atoms in total. The minimum Gasteiger partial charge on any atom is -0.396 e. The van der Waals surface area contributed by atoms with Gasteiger partial charge in [-0.3, -0.25) is 4.98 Å². The topological polar surface area (TPSA) is 53.4 Å². The first-order valence-electron chi connectivity index (χ1n) is 5.35. The van der Waals surface area contributed by atoms with Crippen LogP contribution in [0.1, 0.15) is 36.9 Å². The number of rotatable bonds is 5. The number of aryl methyl sites for hydroxylation is 1. The number of aromatic nitrogens is 1. The smallest absolute Gasteiger partial charge is 0.0518 e. The standard InChI is InChI=1S/C12H19NO2/c1-9-7-11(3-5-13-9)12(4-6-14)8-10(2)15/h3,5,7,10,12,14-15H,4,6,8H2,1-2H3. The SMILES string of the molecule is Cc1cc(C(CCO)CC(C)O)ccn1. The molecule has 1 aromatic rings. The highest BCUT2D eigenvalue weighted by atomic mass is 16.3. The van der Waals surface area contributed by atoms with E-state index < -0.39 is 0 Å². The predicted octanol–water partition coefficient (Wildman–Crippen LogP) is 1.63. The Morgan fingerprint density at radius 1 is 1.47 bits per heavy atom. The first kappa shape index (κ1) is 12.1. The Kier molecular flexibility index (Phi) is 4.72. The van der Waals surface area contributed by atoms with E-state index in [9.17, 15) is 5.11 Å². The fourth-order valence-corrected chi connectivity index (χ4v) is 1.81. The third-order valence-corrected chi connectivity index (χ3v) is 2.50. The van der Waals surface area contributed by atoms with Crippen molar-refractivity contribution in [3.05, 3.63) is 29.6 Å². The van der Waals surface area contributed by atoms with Crippen molar-refractivity contribution in [1.82, 2.24) is 4.98 Å². The molecule has 0 saturated heterocycles. The van der Waals surface area contributed by atoms with Gasteiger partial charge in [0.2, 0.25) is 0 Å². The van der Waals surface area contributed by atoms with Crippen LogP contribution in [-0.4, -0.2) is 27.9 Å². The average molecular weight is 209 g/mol. The van der Waals surface area contributed by atoms with Gasteiger partial charge < -0.3 is 10.2 Å². The van der Waals surface area contributed by atoms with Gasteiger partial charge in [-0.05, 0) is 50.3 Å². The number of aliphatic hydroxyl groups excluding tert-OH is 2. The lowest BCUT2D eigenvalue weighted by atomic mass is 9.91. The van der Waals surface area contributed by atoms with Crippen molar-refractivity contribution in [3.8, 4) is 0 Å². The number of nitrogens with zero attached hydrogens (tertiary/aromatic N) is 1. The van der Waals surface area contributed by atoms with Crippen molar-refractivity contribution in [1.29, 1.82) is 0 Å². The summed E-state index contributed by atoms with van der Waals surface area (Å²) in [4.78, 5) is 4.14. The van der Waals surface area contributed by atoms with Crippen LogP contribution >= 0.6 is 0 Å².